The monoisotopic (exact) mass is 252 g/mol. The third-order valence-corrected chi connectivity index (χ3v) is 5.09. The first-order chi connectivity index (χ1) is 8.16. The van der Waals surface area contributed by atoms with Crippen molar-refractivity contribution in [2.45, 2.75) is 44.7 Å². The fourth-order valence-electron chi connectivity index (χ4n) is 3.12. The Morgan fingerprint density at radius 1 is 1.59 bits per heavy atom. The van der Waals surface area contributed by atoms with E-state index in [-0.39, 0.29) is 5.54 Å². The Hall–Kier alpha value is -0.380. The van der Waals surface area contributed by atoms with Crippen molar-refractivity contribution in [3.8, 4) is 0 Å². The van der Waals surface area contributed by atoms with E-state index in [2.05, 4.69) is 36.4 Å². The maximum absolute atomic E-state index is 6.09. The summed E-state index contributed by atoms with van der Waals surface area (Å²) >= 11 is 1.84. The van der Waals surface area contributed by atoms with Gasteiger partial charge < -0.3 is 5.73 Å². The number of thiophene rings is 1. The van der Waals surface area contributed by atoms with Crippen LogP contribution < -0.4 is 5.73 Å². The summed E-state index contributed by atoms with van der Waals surface area (Å²) in [6, 6.07) is 4.35. The average Bonchev–Trinajstić information content (AvgIpc) is 2.81. The molecule has 17 heavy (non-hydrogen) atoms. The van der Waals surface area contributed by atoms with E-state index in [4.69, 9.17) is 5.73 Å². The second kappa shape index (κ2) is 5.51. The Kier molecular flexibility index (Phi) is 4.23. The quantitative estimate of drug-likeness (QED) is 0.892. The highest BCUT2D eigenvalue weighted by Gasteiger charge is 2.37. The molecular formula is C14H24N2S. The van der Waals surface area contributed by atoms with Gasteiger partial charge in [0.15, 0.2) is 0 Å². The Morgan fingerprint density at radius 3 is 3.00 bits per heavy atom. The van der Waals surface area contributed by atoms with Crippen molar-refractivity contribution >= 4 is 11.3 Å². The SMILES string of the molecule is CC1CCCC(CN)(N(C)Cc2cccs2)C1. The van der Waals surface area contributed by atoms with Gasteiger partial charge >= 0.3 is 0 Å². The fraction of sp³-hybridized carbons (Fsp3) is 0.714. The second-order valence-corrected chi connectivity index (χ2v) is 6.60. The van der Waals surface area contributed by atoms with Crippen molar-refractivity contribution in [1.82, 2.24) is 4.90 Å². The number of rotatable bonds is 4. The lowest BCUT2D eigenvalue weighted by molar-refractivity contribution is 0.0562. The molecule has 2 rings (SSSR count). The summed E-state index contributed by atoms with van der Waals surface area (Å²) in [6.07, 6.45) is 5.21. The van der Waals surface area contributed by atoms with Gasteiger partial charge in [0.05, 0.1) is 0 Å². The van der Waals surface area contributed by atoms with Gasteiger partial charge in [-0.15, -0.1) is 11.3 Å². The van der Waals surface area contributed by atoms with Gasteiger partial charge in [-0.2, -0.15) is 0 Å². The lowest BCUT2D eigenvalue weighted by Crippen LogP contribution is -2.54. The molecule has 1 aliphatic carbocycles. The molecule has 1 aromatic rings. The molecule has 96 valence electrons. The summed E-state index contributed by atoms with van der Waals surface area (Å²) in [5, 5.41) is 2.15. The van der Waals surface area contributed by atoms with Crippen LogP contribution in [-0.4, -0.2) is 24.0 Å². The maximum atomic E-state index is 6.09. The topological polar surface area (TPSA) is 29.3 Å². The van der Waals surface area contributed by atoms with E-state index in [1.807, 2.05) is 11.3 Å². The standard InChI is InChI=1S/C14H24N2S/c1-12-5-3-7-14(9-12,11-15)16(2)10-13-6-4-8-17-13/h4,6,8,12H,3,5,7,9-11,15H2,1-2H3. The summed E-state index contributed by atoms with van der Waals surface area (Å²) in [4.78, 5) is 3.94. The minimum absolute atomic E-state index is 0.238. The molecule has 3 heteroatoms. The summed E-state index contributed by atoms with van der Waals surface area (Å²) in [7, 11) is 2.24. The molecule has 1 heterocycles. The highest BCUT2D eigenvalue weighted by molar-refractivity contribution is 7.09. The Morgan fingerprint density at radius 2 is 2.41 bits per heavy atom. The van der Waals surface area contributed by atoms with E-state index in [9.17, 15) is 0 Å². The first kappa shape index (κ1) is 13.1. The minimum Gasteiger partial charge on any atom is -0.329 e. The van der Waals surface area contributed by atoms with Gasteiger partial charge in [-0.05, 0) is 37.3 Å². The number of hydrogen-bond donors (Lipinski definition) is 1. The molecule has 0 aromatic carbocycles. The van der Waals surface area contributed by atoms with Crippen LogP contribution in [0.5, 0.6) is 0 Å². The van der Waals surface area contributed by atoms with Crippen LogP contribution in [-0.2, 0) is 6.54 Å². The van der Waals surface area contributed by atoms with Gasteiger partial charge in [-0.1, -0.05) is 25.8 Å². The van der Waals surface area contributed by atoms with Crippen LogP contribution in [0.3, 0.4) is 0 Å². The molecule has 1 aliphatic rings. The van der Waals surface area contributed by atoms with E-state index < -0.39 is 0 Å². The van der Waals surface area contributed by atoms with Crippen molar-refractivity contribution in [3.05, 3.63) is 22.4 Å². The van der Waals surface area contributed by atoms with Crippen molar-refractivity contribution < 1.29 is 0 Å². The fourth-order valence-corrected chi connectivity index (χ4v) is 3.88. The molecule has 0 aliphatic heterocycles. The maximum Gasteiger partial charge on any atom is 0.0335 e. The number of nitrogens with zero attached hydrogens (tertiary/aromatic N) is 1. The lowest BCUT2D eigenvalue weighted by Gasteiger charge is -2.46. The van der Waals surface area contributed by atoms with Crippen molar-refractivity contribution in [2.75, 3.05) is 13.6 Å². The molecule has 2 N–H and O–H groups in total. The van der Waals surface area contributed by atoms with E-state index >= 15 is 0 Å². The average molecular weight is 252 g/mol. The summed E-state index contributed by atoms with van der Waals surface area (Å²) < 4.78 is 0. The highest BCUT2D eigenvalue weighted by Crippen LogP contribution is 2.36. The molecule has 1 fully saturated rings. The van der Waals surface area contributed by atoms with Gasteiger partial charge in [0, 0.05) is 23.5 Å². The molecule has 1 aromatic heterocycles. The van der Waals surface area contributed by atoms with Crippen molar-refractivity contribution in [1.29, 1.82) is 0 Å². The van der Waals surface area contributed by atoms with Crippen LogP contribution in [0, 0.1) is 5.92 Å². The molecule has 0 radical (unpaired) electrons. The molecule has 2 atom stereocenters. The summed E-state index contributed by atoms with van der Waals surface area (Å²) in [6.45, 7) is 4.20. The summed E-state index contributed by atoms with van der Waals surface area (Å²) in [5.41, 5.74) is 6.33. The smallest absolute Gasteiger partial charge is 0.0335 e. The van der Waals surface area contributed by atoms with Crippen LogP contribution >= 0.6 is 11.3 Å². The van der Waals surface area contributed by atoms with E-state index in [0.29, 0.717) is 0 Å². The van der Waals surface area contributed by atoms with Gasteiger partial charge in [0.25, 0.3) is 0 Å². The minimum atomic E-state index is 0.238. The van der Waals surface area contributed by atoms with Crippen LogP contribution in [0.2, 0.25) is 0 Å². The molecule has 0 amide bonds. The van der Waals surface area contributed by atoms with Crippen LogP contribution in [0.15, 0.2) is 17.5 Å². The molecule has 0 spiro atoms. The van der Waals surface area contributed by atoms with Crippen molar-refractivity contribution in [2.24, 2.45) is 11.7 Å². The van der Waals surface area contributed by atoms with Gasteiger partial charge in [0.1, 0.15) is 0 Å². The largest absolute Gasteiger partial charge is 0.329 e. The van der Waals surface area contributed by atoms with Crippen LogP contribution in [0.4, 0.5) is 0 Å². The molecule has 2 unspecified atom stereocenters. The first-order valence-electron chi connectivity index (χ1n) is 6.60. The van der Waals surface area contributed by atoms with E-state index in [1.54, 1.807) is 0 Å². The van der Waals surface area contributed by atoms with Crippen molar-refractivity contribution in [3.63, 3.8) is 0 Å². The second-order valence-electron chi connectivity index (χ2n) is 5.57. The molecule has 2 nitrogen and oxygen atoms in total. The number of nitrogens with two attached hydrogens (primary N) is 1. The first-order valence-corrected chi connectivity index (χ1v) is 7.48. The predicted molar refractivity (Wildman–Crippen MR) is 75.2 cm³/mol. The van der Waals surface area contributed by atoms with E-state index in [0.717, 1.165) is 19.0 Å². The third-order valence-electron chi connectivity index (χ3n) is 4.23. The molecule has 0 bridgehead atoms. The number of hydrogen-bond acceptors (Lipinski definition) is 3. The molecule has 0 saturated heterocycles. The predicted octanol–water partition coefficient (Wildman–Crippen LogP) is 3.09. The molecule has 1 saturated carbocycles. The Balaban J connectivity index is 2.06. The van der Waals surface area contributed by atoms with Crippen LogP contribution in [0.1, 0.15) is 37.5 Å². The van der Waals surface area contributed by atoms with Gasteiger partial charge in [-0.25, -0.2) is 0 Å². The van der Waals surface area contributed by atoms with E-state index in [1.165, 1.54) is 30.6 Å². The Labute approximate surface area is 109 Å². The Bertz CT molecular complexity index is 336. The van der Waals surface area contributed by atoms with Crippen LogP contribution in [0.25, 0.3) is 0 Å². The van der Waals surface area contributed by atoms with Gasteiger partial charge in [0.2, 0.25) is 0 Å². The highest BCUT2D eigenvalue weighted by atomic mass is 32.1. The molecular weight excluding hydrogens is 228 g/mol. The number of likely N-dealkylation sites (N-methyl/N-ethyl adjacent to an activating group) is 1. The zero-order valence-electron chi connectivity index (χ0n) is 11.0. The summed E-state index contributed by atoms with van der Waals surface area (Å²) in [5.74, 6) is 0.818. The normalized spacial score (nSPS) is 29.8. The lowest BCUT2D eigenvalue weighted by atomic mass is 9.75. The zero-order valence-corrected chi connectivity index (χ0v) is 11.8. The zero-order chi connectivity index (χ0) is 12.3. The third kappa shape index (κ3) is 2.90. The van der Waals surface area contributed by atoms with Gasteiger partial charge in [-0.3, -0.25) is 4.90 Å².